The molecule has 2 aromatic heterocycles. The molecule has 0 aliphatic carbocycles. The van der Waals surface area contributed by atoms with Crippen molar-refractivity contribution in [1.82, 2.24) is 19.3 Å². The molecule has 2 rings (SSSR count). The fraction of sp³-hybridized carbons (Fsp3) is 0.333. The van der Waals surface area contributed by atoms with Crippen LogP contribution in [0.3, 0.4) is 0 Å². The van der Waals surface area contributed by atoms with E-state index in [0.29, 0.717) is 5.69 Å². The van der Waals surface area contributed by atoms with Gasteiger partial charge in [-0.15, -0.1) is 0 Å². The van der Waals surface area contributed by atoms with Gasteiger partial charge in [0.2, 0.25) is 0 Å². The van der Waals surface area contributed by atoms with Gasteiger partial charge >= 0.3 is 0 Å². The molecule has 0 spiro atoms. The Morgan fingerprint density at radius 2 is 2.36 bits per heavy atom. The van der Waals surface area contributed by atoms with Crippen molar-refractivity contribution < 1.29 is 5.11 Å². The summed E-state index contributed by atoms with van der Waals surface area (Å²) in [6.07, 6.45) is 5.32. The standard InChI is InChI=1S/C9H12N4O/c1-2-13-4-3-9(11-13)12-5-8(6-14)10-7-12/h3-5,7,14H,2,6H2,1H3. The third kappa shape index (κ3) is 1.54. The summed E-state index contributed by atoms with van der Waals surface area (Å²) < 4.78 is 3.63. The number of aromatic nitrogens is 4. The summed E-state index contributed by atoms with van der Waals surface area (Å²) in [4.78, 5) is 4.01. The van der Waals surface area contributed by atoms with Gasteiger partial charge in [-0.25, -0.2) is 4.98 Å². The topological polar surface area (TPSA) is 55.9 Å². The number of imidazole rings is 1. The molecule has 2 heterocycles. The summed E-state index contributed by atoms with van der Waals surface area (Å²) in [5, 5.41) is 13.2. The Morgan fingerprint density at radius 3 is 2.93 bits per heavy atom. The lowest BCUT2D eigenvalue weighted by atomic mass is 10.5. The molecule has 14 heavy (non-hydrogen) atoms. The fourth-order valence-electron chi connectivity index (χ4n) is 1.24. The summed E-state index contributed by atoms with van der Waals surface area (Å²) in [7, 11) is 0. The van der Waals surface area contributed by atoms with Crippen molar-refractivity contribution in [2.45, 2.75) is 20.1 Å². The monoisotopic (exact) mass is 192 g/mol. The fourth-order valence-corrected chi connectivity index (χ4v) is 1.24. The van der Waals surface area contributed by atoms with Crippen LogP contribution in [-0.4, -0.2) is 24.4 Å². The van der Waals surface area contributed by atoms with Crippen molar-refractivity contribution in [1.29, 1.82) is 0 Å². The first-order valence-corrected chi connectivity index (χ1v) is 4.51. The second kappa shape index (κ2) is 3.63. The third-order valence-corrected chi connectivity index (χ3v) is 2.01. The summed E-state index contributed by atoms with van der Waals surface area (Å²) in [6.45, 7) is 2.84. The summed E-state index contributed by atoms with van der Waals surface area (Å²) >= 11 is 0. The zero-order valence-corrected chi connectivity index (χ0v) is 7.96. The van der Waals surface area contributed by atoms with E-state index in [1.807, 2.05) is 23.9 Å². The van der Waals surface area contributed by atoms with E-state index in [1.165, 1.54) is 0 Å². The van der Waals surface area contributed by atoms with Crippen molar-refractivity contribution in [2.75, 3.05) is 0 Å². The number of hydrogen-bond donors (Lipinski definition) is 1. The maximum atomic E-state index is 8.85. The van der Waals surface area contributed by atoms with Gasteiger partial charge in [0.15, 0.2) is 5.82 Å². The number of hydrogen-bond acceptors (Lipinski definition) is 3. The van der Waals surface area contributed by atoms with Crippen molar-refractivity contribution in [3.8, 4) is 5.82 Å². The second-order valence-electron chi connectivity index (χ2n) is 2.96. The minimum atomic E-state index is -0.0402. The Hall–Kier alpha value is -1.62. The molecule has 0 aliphatic rings. The van der Waals surface area contributed by atoms with Gasteiger partial charge in [0.25, 0.3) is 0 Å². The van der Waals surface area contributed by atoms with Crippen LogP contribution in [0.1, 0.15) is 12.6 Å². The number of rotatable bonds is 3. The molecule has 0 unspecified atom stereocenters. The molecule has 0 bridgehead atoms. The largest absolute Gasteiger partial charge is 0.390 e. The van der Waals surface area contributed by atoms with E-state index in [-0.39, 0.29) is 6.61 Å². The van der Waals surface area contributed by atoms with Crippen molar-refractivity contribution in [3.63, 3.8) is 0 Å². The summed E-state index contributed by atoms with van der Waals surface area (Å²) in [5.41, 5.74) is 0.649. The lowest BCUT2D eigenvalue weighted by Crippen LogP contribution is -1.97. The Bertz CT molecular complexity index is 378. The molecule has 0 aliphatic heterocycles. The maximum absolute atomic E-state index is 8.85. The van der Waals surface area contributed by atoms with Gasteiger partial charge < -0.3 is 5.11 Å². The number of aryl methyl sites for hydroxylation is 1. The molecule has 5 nitrogen and oxygen atoms in total. The molecular weight excluding hydrogens is 180 g/mol. The van der Waals surface area contributed by atoms with E-state index in [9.17, 15) is 0 Å². The first kappa shape index (κ1) is 8.96. The first-order chi connectivity index (χ1) is 6.83. The van der Waals surface area contributed by atoms with Crippen LogP contribution in [-0.2, 0) is 13.2 Å². The number of nitrogens with zero attached hydrogens (tertiary/aromatic N) is 4. The van der Waals surface area contributed by atoms with E-state index in [2.05, 4.69) is 10.1 Å². The molecule has 0 atom stereocenters. The quantitative estimate of drug-likeness (QED) is 0.774. The van der Waals surface area contributed by atoms with E-state index in [4.69, 9.17) is 5.11 Å². The normalized spacial score (nSPS) is 10.7. The van der Waals surface area contributed by atoms with Gasteiger partial charge in [-0.2, -0.15) is 5.10 Å². The van der Waals surface area contributed by atoms with Gasteiger partial charge in [0.05, 0.1) is 12.3 Å². The molecule has 0 aromatic carbocycles. The lowest BCUT2D eigenvalue weighted by molar-refractivity contribution is 0.277. The number of aliphatic hydroxyl groups is 1. The molecule has 0 radical (unpaired) electrons. The highest BCUT2D eigenvalue weighted by molar-refractivity contribution is 5.20. The molecule has 0 amide bonds. The lowest BCUT2D eigenvalue weighted by Gasteiger charge is -1.95. The van der Waals surface area contributed by atoms with Crippen molar-refractivity contribution in [2.24, 2.45) is 0 Å². The molecule has 5 heteroatoms. The highest BCUT2D eigenvalue weighted by atomic mass is 16.3. The van der Waals surface area contributed by atoms with E-state index in [1.54, 1.807) is 17.1 Å². The molecule has 0 fully saturated rings. The first-order valence-electron chi connectivity index (χ1n) is 4.51. The van der Waals surface area contributed by atoms with Gasteiger partial charge in [0.1, 0.15) is 6.33 Å². The average molecular weight is 192 g/mol. The molecule has 0 saturated heterocycles. The molecule has 74 valence electrons. The van der Waals surface area contributed by atoms with Gasteiger partial charge in [-0.1, -0.05) is 0 Å². The zero-order chi connectivity index (χ0) is 9.97. The van der Waals surface area contributed by atoms with E-state index < -0.39 is 0 Å². The maximum Gasteiger partial charge on any atom is 0.159 e. The van der Waals surface area contributed by atoms with Gasteiger partial charge in [0, 0.05) is 25.0 Å². The van der Waals surface area contributed by atoms with Crippen LogP contribution < -0.4 is 0 Å². The van der Waals surface area contributed by atoms with Crippen LogP contribution in [0.2, 0.25) is 0 Å². The molecule has 1 N–H and O–H groups in total. The number of aliphatic hydroxyl groups excluding tert-OH is 1. The minimum Gasteiger partial charge on any atom is -0.390 e. The third-order valence-electron chi connectivity index (χ3n) is 2.01. The Kier molecular flexibility index (Phi) is 2.32. The molecular formula is C9H12N4O. The van der Waals surface area contributed by atoms with Crippen molar-refractivity contribution in [3.05, 3.63) is 30.5 Å². The van der Waals surface area contributed by atoms with Crippen LogP contribution in [0, 0.1) is 0 Å². The summed E-state index contributed by atoms with van der Waals surface area (Å²) in [5.74, 6) is 0.819. The Balaban J connectivity index is 2.29. The highest BCUT2D eigenvalue weighted by Gasteiger charge is 2.02. The van der Waals surface area contributed by atoms with E-state index in [0.717, 1.165) is 12.4 Å². The minimum absolute atomic E-state index is 0.0402. The van der Waals surface area contributed by atoms with Gasteiger partial charge in [-0.3, -0.25) is 9.25 Å². The van der Waals surface area contributed by atoms with Crippen LogP contribution >= 0.6 is 0 Å². The SMILES string of the molecule is CCn1ccc(-n2cnc(CO)c2)n1. The van der Waals surface area contributed by atoms with E-state index >= 15 is 0 Å². The zero-order valence-electron chi connectivity index (χ0n) is 7.96. The average Bonchev–Trinajstić information content (AvgIpc) is 2.86. The predicted molar refractivity (Wildman–Crippen MR) is 50.9 cm³/mol. The highest BCUT2D eigenvalue weighted by Crippen LogP contribution is 2.05. The van der Waals surface area contributed by atoms with Crippen molar-refractivity contribution >= 4 is 0 Å². The van der Waals surface area contributed by atoms with Gasteiger partial charge in [-0.05, 0) is 6.92 Å². The second-order valence-corrected chi connectivity index (χ2v) is 2.96. The Morgan fingerprint density at radius 1 is 1.50 bits per heavy atom. The van der Waals surface area contributed by atoms with Crippen LogP contribution in [0.4, 0.5) is 0 Å². The van der Waals surface area contributed by atoms with Crippen LogP contribution in [0.15, 0.2) is 24.8 Å². The predicted octanol–water partition coefficient (Wildman–Crippen LogP) is 0.581. The Labute approximate surface area is 81.6 Å². The van der Waals surface area contributed by atoms with Crippen LogP contribution in [0.25, 0.3) is 5.82 Å². The van der Waals surface area contributed by atoms with Crippen LogP contribution in [0.5, 0.6) is 0 Å². The smallest absolute Gasteiger partial charge is 0.159 e. The molecule has 0 saturated carbocycles. The molecule has 2 aromatic rings. The summed E-state index contributed by atoms with van der Waals surface area (Å²) in [6, 6.07) is 1.91.